The van der Waals surface area contributed by atoms with Crippen LogP contribution in [0.1, 0.15) is 30.2 Å². The molecular formula is C17H16FN3O3S. The van der Waals surface area contributed by atoms with Crippen molar-refractivity contribution in [3.63, 3.8) is 0 Å². The van der Waals surface area contributed by atoms with Crippen LogP contribution in [-0.2, 0) is 6.61 Å². The van der Waals surface area contributed by atoms with Gasteiger partial charge in [-0.05, 0) is 38.1 Å². The van der Waals surface area contributed by atoms with Crippen LogP contribution in [0.5, 0.6) is 0 Å². The lowest BCUT2D eigenvalue weighted by Crippen LogP contribution is -2.30. The third-order valence-electron chi connectivity index (χ3n) is 3.28. The maximum Gasteiger partial charge on any atom is 0.270 e. The summed E-state index contributed by atoms with van der Waals surface area (Å²) in [4.78, 5) is 20.6. The molecule has 8 heteroatoms. The molecule has 130 valence electrons. The molecule has 0 aliphatic rings. The minimum absolute atomic E-state index is 0.00121. The molecule has 0 aliphatic carbocycles. The first kappa shape index (κ1) is 17.2. The number of rotatable bonds is 5. The number of carbonyl (C=O) groups is 1. The third-order valence-corrected chi connectivity index (χ3v) is 4.12. The van der Waals surface area contributed by atoms with Gasteiger partial charge in [-0.25, -0.2) is 14.4 Å². The van der Waals surface area contributed by atoms with Crippen molar-refractivity contribution in [2.45, 2.75) is 26.5 Å². The molecule has 25 heavy (non-hydrogen) atoms. The van der Waals surface area contributed by atoms with Gasteiger partial charge in [0.05, 0.1) is 0 Å². The van der Waals surface area contributed by atoms with Gasteiger partial charge in [0.15, 0.2) is 10.8 Å². The number of aliphatic hydroxyl groups is 1. The lowest BCUT2D eigenvalue weighted by Gasteiger charge is -2.05. The van der Waals surface area contributed by atoms with Crippen LogP contribution in [0.15, 0.2) is 34.1 Å². The van der Waals surface area contributed by atoms with Crippen LogP contribution in [-0.4, -0.2) is 27.0 Å². The first-order valence-electron chi connectivity index (χ1n) is 7.61. The third kappa shape index (κ3) is 3.75. The molecule has 0 saturated carbocycles. The van der Waals surface area contributed by atoms with Crippen molar-refractivity contribution in [2.75, 3.05) is 0 Å². The highest BCUT2D eigenvalue weighted by molar-refractivity contribution is 7.13. The highest BCUT2D eigenvalue weighted by Gasteiger charge is 2.21. The van der Waals surface area contributed by atoms with E-state index in [1.54, 1.807) is 17.5 Å². The van der Waals surface area contributed by atoms with Crippen LogP contribution in [0.4, 0.5) is 4.39 Å². The molecule has 3 rings (SSSR count). The van der Waals surface area contributed by atoms with Crippen LogP contribution in [0.3, 0.4) is 0 Å². The second-order valence-corrected chi connectivity index (χ2v) is 6.47. The fourth-order valence-electron chi connectivity index (χ4n) is 2.20. The summed E-state index contributed by atoms with van der Waals surface area (Å²) in [7, 11) is 0. The van der Waals surface area contributed by atoms with Crippen LogP contribution in [0.2, 0.25) is 0 Å². The second kappa shape index (κ2) is 7.12. The lowest BCUT2D eigenvalue weighted by molar-refractivity contribution is 0.0939. The Morgan fingerprint density at radius 2 is 2.04 bits per heavy atom. The number of thiazole rings is 1. The maximum atomic E-state index is 13.2. The van der Waals surface area contributed by atoms with Crippen LogP contribution in [0, 0.1) is 5.82 Å². The van der Waals surface area contributed by atoms with E-state index >= 15 is 0 Å². The second-order valence-electron chi connectivity index (χ2n) is 5.62. The summed E-state index contributed by atoms with van der Waals surface area (Å²) in [6, 6.07) is 5.76. The zero-order chi connectivity index (χ0) is 18.0. The first-order valence-corrected chi connectivity index (χ1v) is 8.49. The van der Waals surface area contributed by atoms with E-state index in [9.17, 15) is 14.3 Å². The summed E-state index contributed by atoms with van der Waals surface area (Å²) in [6.45, 7) is 3.35. The number of aromatic nitrogens is 2. The van der Waals surface area contributed by atoms with Crippen LogP contribution < -0.4 is 5.32 Å². The number of benzene rings is 1. The molecule has 3 aromatic rings. The van der Waals surface area contributed by atoms with E-state index in [1.165, 1.54) is 23.5 Å². The predicted molar refractivity (Wildman–Crippen MR) is 91.5 cm³/mol. The van der Waals surface area contributed by atoms with E-state index in [0.29, 0.717) is 22.0 Å². The van der Waals surface area contributed by atoms with Crippen molar-refractivity contribution in [3.05, 3.63) is 47.0 Å². The smallest absolute Gasteiger partial charge is 0.270 e. The van der Waals surface area contributed by atoms with Crippen molar-refractivity contribution in [3.8, 4) is 22.0 Å². The zero-order valence-corrected chi connectivity index (χ0v) is 14.4. The molecule has 6 nitrogen and oxygen atoms in total. The molecule has 0 radical (unpaired) electrons. The van der Waals surface area contributed by atoms with Gasteiger partial charge >= 0.3 is 0 Å². The summed E-state index contributed by atoms with van der Waals surface area (Å²) in [5.41, 5.74) is 1.35. The zero-order valence-electron chi connectivity index (χ0n) is 13.6. The van der Waals surface area contributed by atoms with Gasteiger partial charge in [0, 0.05) is 17.0 Å². The molecule has 0 atom stereocenters. The molecule has 1 amide bonds. The molecule has 0 unspecified atom stereocenters. The predicted octanol–water partition coefficient (Wildman–Crippen LogP) is 3.23. The Labute approximate surface area is 147 Å². The van der Waals surface area contributed by atoms with Crippen molar-refractivity contribution in [1.82, 2.24) is 15.3 Å². The highest BCUT2D eigenvalue weighted by atomic mass is 32.1. The van der Waals surface area contributed by atoms with E-state index < -0.39 is 0 Å². The quantitative estimate of drug-likeness (QED) is 0.728. The number of nitrogens with one attached hydrogen (secondary N) is 1. The highest BCUT2D eigenvalue weighted by Crippen LogP contribution is 2.34. The molecule has 2 aromatic heterocycles. The lowest BCUT2D eigenvalue weighted by atomic mass is 10.1. The van der Waals surface area contributed by atoms with Crippen molar-refractivity contribution >= 4 is 17.2 Å². The standard InChI is InChI=1S/C17H16FN3O3S/c1-9(2)19-16(23)12-8-25-17(20-12)15-14(21-13(7-22)24-15)10-3-5-11(18)6-4-10/h3-6,8-9,22H,7H2,1-2H3,(H,19,23). The normalized spacial score (nSPS) is 11.1. The summed E-state index contributed by atoms with van der Waals surface area (Å²) >= 11 is 1.23. The van der Waals surface area contributed by atoms with Crippen LogP contribution in [0.25, 0.3) is 22.0 Å². The van der Waals surface area contributed by atoms with E-state index in [1.807, 2.05) is 13.8 Å². The first-order chi connectivity index (χ1) is 12.0. The Bertz CT molecular complexity index is 887. The topological polar surface area (TPSA) is 88.2 Å². The van der Waals surface area contributed by atoms with E-state index in [0.717, 1.165) is 0 Å². The number of halogens is 1. The number of amides is 1. The Morgan fingerprint density at radius 1 is 1.32 bits per heavy atom. The monoisotopic (exact) mass is 361 g/mol. The average molecular weight is 361 g/mol. The Hall–Kier alpha value is -2.58. The summed E-state index contributed by atoms with van der Waals surface area (Å²) in [5, 5.41) is 14.2. The molecule has 1 aromatic carbocycles. The van der Waals surface area contributed by atoms with Gasteiger partial charge in [-0.2, -0.15) is 0 Å². The summed E-state index contributed by atoms with van der Waals surface area (Å²) in [5.74, 6) is -0.178. The van der Waals surface area contributed by atoms with Crippen molar-refractivity contribution < 1.29 is 18.7 Å². The molecule has 0 fully saturated rings. The Kier molecular flexibility index (Phi) is 4.91. The number of oxazole rings is 1. The Balaban J connectivity index is 2.00. The number of nitrogens with zero attached hydrogens (tertiary/aromatic N) is 2. The molecule has 0 aliphatic heterocycles. The van der Waals surface area contributed by atoms with Crippen molar-refractivity contribution in [1.29, 1.82) is 0 Å². The van der Waals surface area contributed by atoms with Gasteiger partial charge in [0.1, 0.15) is 23.8 Å². The summed E-state index contributed by atoms with van der Waals surface area (Å²) < 4.78 is 18.7. The largest absolute Gasteiger partial charge is 0.435 e. The fraction of sp³-hybridized carbons (Fsp3) is 0.235. The van der Waals surface area contributed by atoms with Crippen LogP contribution >= 0.6 is 11.3 Å². The number of hydrogen-bond acceptors (Lipinski definition) is 6. The van der Waals surface area contributed by atoms with Gasteiger partial charge < -0.3 is 14.8 Å². The SMILES string of the molecule is CC(C)NC(=O)c1csc(-c2oc(CO)nc2-c2ccc(F)cc2)n1. The number of hydrogen-bond donors (Lipinski definition) is 2. The van der Waals surface area contributed by atoms with Crippen molar-refractivity contribution in [2.24, 2.45) is 0 Å². The van der Waals surface area contributed by atoms with E-state index in [4.69, 9.17) is 4.42 Å². The summed E-state index contributed by atoms with van der Waals surface area (Å²) in [6.07, 6.45) is 0. The average Bonchev–Trinajstić information content (AvgIpc) is 3.21. The molecule has 2 heterocycles. The van der Waals surface area contributed by atoms with E-state index in [-0.39, 0.29) is 36.0 Å². The van der Waals surface area contributed by atoms with Gasteiger partial charge in [0.2, 0.25) is 5.89 Å². The van der Waals surface area contributed by atoms with Gasteiger partial charge in [-0.1, -0.05) is 0 Å². The maximum absolute atomic E-state index is 13.2. The van der Waals surface area contributed by atoms with Gasteiger partial charge in [-0.15, -0.1) is 11.3 Å². The number of carbonyl (C=O) groups excluding carboxylic acids is 1. The molecular weight excluding hydrogens is 345 g/mol. The van der Waals surface area contributed by atoms with Gasteiger partial charge in [0.25, 0.3) is 5.91 Å². The minimum Gasteiger partial charge on any atom is -0.435 e. The molecule has 2 N–H and O–H groups in total. The van der Waals surface area contributed by atoms with Gasteiger partial charge in [-0.3, -0.25) is 4.79 Å². The number of aliphatic hydroxyl groups excluding tert-OH is 1. The minimum atomic E-state index is -0.375. The molecule has 0 saturated heterocycles. The van der Waals surface area contributed by atoms with E-state index in [2.05, 4.69) is 15.3 Å². The Morgan fingerprint density at radius 3 is 2.68 bits per heavy atom. The molecule has 0 spiro atoms. The fourth-order valence-corrected chi connectivity index (χ4v) is 2.98. The molecule has 0 bridgehead atoms.